The van der Waals surface area contributed by atoms with Crippen LogP contribution in [0.2, 0.25) is 5.02 Å². The number of sulfonamides is 1. The van der Waals surface area contributed by atoms with Gasteiger partial charge in [-0.1, -0.05) is 41.9 Å². The van der Waals surface area contributed by atoms with Crippen molar-refractivity contribution >= 4 is 21.6 Å². The molecular weight excluding hydrogens is 294 g/mol. The Labute approximate surface area is 124 Å². The highest BCUT2D eigenvalue weighted by atomic mass is 35.5. The maximum atomic E-state index is 12.3. The topological polar surface area (TPSA) is 37.4 Å². The zero-order valence-corrected chi connectivity index (χ0v) is 12.7. The van der Waals surface area contributed by atoms with Gasteiger partial charge >= 0.3 is 0 Å². The van der Waals surface area contributed by atoms with Crippen LogP contribution in [0.5, 0.6) is 0 Å². The minimum atomic E-state index is -3.42. The third kappa shape index (κ3) is 3.60. The van der Waals surface area contributed by atoms with E-state index in [1.54, 1.807) is 43.4 Å². The predicted molar refractivity (Wildman–Crippen MR) is 81.4 cm³/mol. The Hall–Kier alpha value is -1.36. The molecule has 0 atom stereocenters. The summed E-state index contributed by atoms with van der Waals surface area (Å²) < 4.78 is 26.0. The van der Waals surface area contributed by atoms with E-state index in [0.29, 0.717) is 22.9 Å². The highest BCUT2D eigenvalue weighted by Crippen LogP contribution is 2.15. The Morgan fingerprint density at radius 1 is 1.05 bits per heavy atom. The van der Waals surface area contributed by atoms with Crippen LogP contribution in [-0.2, 0) is 16.4 Å². The second kappa shape index (κ2) is 6.39. The molecule has 0 saturated carbocycles. The molecule has 106 valence electrons. The summed E-state index contributed by atoms with van der Waals surface area (Å²) in [5.41, 5.74) is 1.02. The first-order valence-electron chi connectivity index (χ1n) is 6.26. The van der Waals surface area contributed by atoms with Gasteiger partial charge in [-0.2, -0.15) is 0 Å². The molecule has 3 nitrogen and oxygen atoms in total. The van der Waals surface area contributed by atoms with E-state index in [0.717, 1.165) is 5.56 Å². The Kier molecular flexibility index (Phi) is 4.81. The summed E-state index contributed by atoms with van der Waals surface area (Å²) in [6.07, 6.45) is 0.628. The lowest BCUT2D eigenvalue weighted by molar-refractivity contribution is 0.472. The van der Waals surface area contributed by atoms with Crippen LogP contribution < -0.4 is 0 Å². The van der Waals surface area contributed by atoms with Gasteiger partial charge in [-0.05, 0) is 36.2 Å². The molecule has 0 aliphatic rings. The van der Waals surface area contributed by atoms with Gasteiger partial charge in [0.2, 0.25) is 10.0 Å². The molecule has 0 unspecified atom stereocenters. The van der Waals surface area contributed by atoms with Gasteiger partial charge in [-0.25, -0.2) is 12.7 Å². The quantitative estimate of drug-likeness (QED) is 0.850. The number of hydrogen-bond acceptors (Lipinski definition) is 2. The molecule has 0 spiro atoms. The summed E-state index contributed by atoms with van der Waals surface area (Å²) in [5.74, 6) is 0. The molecule has 2 aromatic carbocycles. The average Bonchev–Trinajstić information content (AvgIpc) is 2.45. The molecule has 5 heteroatoms. The second-order valence-corrected chi connectivity index (χ2v) is 7.00. The first-order chi connectivity index (χ1) is 9.50. The normalized spacial score (nSPS) is 11.8. The van der Waals surface area contributed by atoms with E-state index in [2.05, 4.69) is 0 Å². The number of benzene rings is 2. The Bertz CT molecular complexity index is 671. The van der Waals surface area contributed by atoms with Crippen LogP contribution in [0.4, 0.5) is 0 Å². The van der Waals surface area contributed by atoms with Gasteiger partial charge < -0.3 is 0 Å². The standard InChI is InChI=1S/C15H16ClNO2S/c1-17(11-10-13-6-5-7-14(16)12-13)20(18,19)15-8-3-2-4-9-15/h2-9,12H,10-11H2,1H3. The van der Waals surface area contributed by atoms with E-state index in [9.17, 15) is 8.42 Å². The van der Waals surface area contributed by atoms with Crippen LogP contribution >= 0.6 is 11.6 Å². The van der Waals surface area contributed by atoms with E-state index in [1.165, 1.54) is 4.31 Å². The maximum absolute atomic E-state index is 12.3. The van der Waals surface area contributed by atoms with E-state index in [1.807, 2.05) is 18.2 Å². The van der Waals surface area contributed by atoms with Gasteiger partial charge in [0.1, 0.15) is 0 Å². The van der Waals surface area contributed by atoms with Crippen LogP contribution in [0, 0.1) is 0 Å². The maximum Gasteiger partial charge on any atom is 0.242 e. The minimum absolute atomic E-state index is 0.314. The van der Waals surface area contributed by atoms with Gasteiger partial charge in [0.05, 0.1) is 4.90 Å². The fourth-order valence-electron chi connectivity index (χ4n) is 1.87. The van der Waals surface area contributed by atoms with Gasteiger partial charge in [-0.3, -0.25) is 0 Å². The number of hydrogen-bond donors (Lipinski definition) is 0. The molecule has 20 heavy (non-hydrogen) atoms. The molecule has 0 aliphatic carbocycles. The Morgan fingerprint density at radius 2 is 1.75 bits per heavy atom. The number of halogens is 1. The van der Waals surface area contributed by atoms with E-state index < -0.39 is 10.0 Å². The fourth-order valence-corrected chi connectivity index (χ4v) is 3.28. The van der Waals surface area contributed by atoms with Crippen LogP contribution in [0.15, 0.2) is 59.5 Å². The monoisotopic (exact) mass is 309 g/mol. The molecule has 0 heterocycles. The molecule has 0 aromatic heterocycles. The molecule has 0 radical (unpaired) electrons. The summed E-state index contributed by atoms with van der Waals surface area (Å²) in [7, 11) is -1.83. The van der Waals surface area contributed by atoms with Crippen LogP contribution in [-0.4, -0.2) is 26.3 Å². The van der Waals surface area contributed by atoms with Crippen molar-refractivity contribution in [2.45, 2.75) is 11.3 Å². The van der Waals surface area contributed by atoms with E-state index in [4.69, 9.17) is 11.6 Å². The van der Waals surface area contributed by atoms with Crippen molar-refractivity contribution in [2.24, 2.45) is 0 Å². The number of rotatable bonds is 5. The van der Waals surface area contributed by atoms with Crippen LogP contribution in [0.1, 0.15) is 5.56 Å². The van der Waals surface area contributed by atoms with E-state index >= 15 is 0 Å². The lowest BCUT2D eigenvalue weighted by Crippen LogP contribution is -2.29. The molecule has 0 fully saturated rings. The van der Waals surface area contributed by atoms with Crippen molar-refractivity contribution in [1.82, 2.24) is 4.31 Å². The summed E-state index contributed by atoms with van der Waals surface area (Å²) in [6.45, 7) is 0.414. The van der Waals surface area contributed by atoms with Gasteiger partial charge in [0.15, 0.2) is 0 Å². The summed E-state index contributed by atoms with van der Waals surface area (Å²) in [6, 6.07) is 15.9. The predicted octanol–water partition coefficient (Wildman–Crippen LogP) is 3.20. The average molecular weight is 310 g/mol. The third-order valence-electron chi connectivity index (χ3n) is 3.06. The Balaban J connectivity index is 2.07. The van der Waals surface area contributed by atoms with Gasteiger partial charge in [0.25, 0.3) is 0 Å². The summed E-state index contributed by atoms with van der Waals surface area (Å²) in [5, 5.41) is 0.663. The van der Waals surface area contributed by atoms with Crippen molar-refractivity contribution in [1.29, 1.82) is 0 Å². The largest absolute Gasteiger partial charge is 0.242 e. The van der Waals surface area contributed by atoms with E-state index in [-0.39, 0.29) is 0 Å². The highest BCUT2D eigenvalue weighted by Gasteiger charge is 2.19. The van der Waals surface area contributed by atoms with Crippen LogP contribution in [0.25, 0.3) is 0 Å². The van der Waals surface area contributed by atoms with Crippen molar-refractivity contribution in [3.63, 3.8) is 0 Å². The lowest BCUT2D eigenvalue weighted by atomic mass is 10.1. The van der Waals surface area contributed by atoms with Crippen molar-refractivity contribution in [2.75, 3.05) is 13.6 Å². The third-order valence-corrected chi connectivity index (χ3v) is 5.16. The smallest absolute Gasteiger partial charge is 0.207 e. The fraction of sp³-hybridized carbons (Fsp3) is 0.200. The van der Waals surface area contributed by atoms with Gasteiger partial charge in [0, 0.05) is 18.6 Å². The first kappa shape index (κ1) is 15.0. The number of likely N-dealkylation sites (N-methyl/N-ethyl adjacent to an activating group) is 1. The molecule has 0 N–H and O–H groups in total. The van der Waals surface area contributed by atoms with Crippen molar-refractivity contribution < 1.29 is 8.42 Å². The SMILES string of the molecule is CN(CCc1cccc(Cl)c1)S(=O)(=O)c1ccccc1. The van der Waals surface area contributed by atoms with Crippen molar-refractivity contribution in [3.05, 3.63) is 65.2 Å². The highest BCUT2D eigenvalue weighted by molar-refractivity contribution is 7.89. The summed E-state index contributed by atoms with van der Waals surface area (Å²) >= 11 is 5.91. The second-order valence-electron chi connectivity index (χ2n) is 4.52. The molecular formula is C15H16ClNO2S. The molecule has 0 aliphatic heterocycles. The molecule has 2 rings (SSSR count). The molecule has 0 bridgehead atoms. The van der Waals surface area contributed by atoms with Crippen molar-refractivity contribution in [3.8, 4) is 0 Å². The molecule has 2 aromatic rings. The molecule has 0 amide bonds. The number of nitrogens with zero attached hydrogens (tertiary/aromatic N) is 1. The zero-order chi connectivity index (χ0) is 14.6. The molecule has 0 saturated heterocycles. The zero-order valence-electron chi connectivity index (χ0n) is 11.2. The van der Waals surface area contributed by atoms with Crippen LogP contribution in [0.3, 0.4) is 0 Å². The van der Waals surface area contributed by atoms with Gasteiger partial charge in [-0.15, -0.1) is 0 Å². The minimum Gasteiger partial charge on any atom is -0.207 e. The summed E-state index contributed by atoms with van der Waals surface area (Å²) in [4.78, 5) is 0.314. The Morgan fingerprint density at radius 3 is 2.40 bits per heavy atom. The lowest BCUT2D eigenvalue weighted by Gasteiger charge is -2.17. The first-order valence-corrected chi connectivity index (χ1v) is 8.08.